The molecule has 0 aliphatic carbocycles. The maximum absolute atomic E-state index is 12.6. The largest absolute Gasteiger partial charge is 0.399 e. The highest BCUT2D eigenvalue weighted by molar-refractivity contribution is 8.00. The molecule has 1 amide bonds. The van der Waals surface area contributed by atoms with Gasteiger partial charge in [-0.05, 0) is 30.5 Å². The molecule has 0 radical (unpaired) electrons. The third-order valence-corrected chi connectivity index (χ3v) is 5.16. The number of aryl methyl sites for hydroxylation is 1. The van der Waals surface area contributed by atoms with Crippen molar-refractivity contribution in [3.05, 3.63) is 29.3 Å². The number of carbonyl (C=O) groups is 1. The summed E-state index contributed by atoms with van der Waals surface area (Å²) in [5.41, 5.74) is 8.19. The van der Waals surface area contributed by atoms with Gasteiger partial charge in [-0.3, -0.25) is 4.79 Å². The highest BCUT2D eigenvalue weighted by Crippen LogP contribution is 2.26. The summed E-state index contributed by atoms with van der Waals surface area (Å²) < 4.78 is 0. The fourth-order valence-corrected chi connectivity index (χ4v) is 3.60. The number of anilines is 1. The Kier molecular flexibility index (Phi) is 4.40. The van der Waals surface area contributed by atoms with Gasteiger partial charge < -0.3 is 10.6 Å². The number of benzene rings is 1. The summed E-state index contributed by atoms with van der Waals surface area (Å²) >= 11 is 1.98. The zero-order valence-electron chi connectivity index (χ0n) is 11.8. The average Bonchev–Trinajstić information content (AvgIpc) is 2.41. The number of thioether (sulfide) groups is 1. The summed E-state index contributed by atoms with van der Waals surface area (Å²) in [7, 11) is 0. The molecule has 0 aromatic heterocycles. The van der Waals surface area contributed by atoms with Crippen molar-refractivity contribution >= 4 is 23.4 Å². The van der Waals surface area contributed by atoms with Gasteiger partial charge in [0.05, 0.1) is 0 Å². The van der Waals surface area contributed by atoms with Gasteiger partial charge in [0.25, 0.3) is 5.91 Å². The van der Waals surface area contributed by atoms with Crippen LogP contribution in [0, 0.1) is 12.8 Å². The molecule has 3 nitrogen and oxygen atoms in total. The van der Waals surface area contributed by atoms with Gasteiger partial charge >= 0.3 is 0 Å². The molecule has 1 saturated heterocycles. The highest BCUT2D eigenvalue weighted by atomic mass is 32.2. The van der Waals surface area contributed by atoms with Crippen molar-refractivity contribution in [3.8, 4) is 0 Å². The Morgan fingerprint density at radius 2 is 2.21 bits per heavy atom. The van der Waals surface area contributed by atoms with E-state index < -0.39 is 0 Å². The normalized spacial score (nSPS) is 19.8. The summed E-state index contributed by atoms with van der Waals surface area (Å²) in [5, 5.41) is 0.541. The van der Waals surface area contributed by atoms with E-state index in [-0.39, 0.29) is 5.91 Å². The van der Waals surface area contributed by atoms with Crippen molar-refractivity contribution in [2.45, 2.75) is 26.0 Å². The van der Waals surface area contributed by atoms with Gasteiger partial charge in [0.1, 0.15) is 0 Å². The fraction of sp³-hybridized carbons (Fsp3) is 0.533. The molecule has 1 aliphatic heterocycles. The summed E-state index contributed by atoms with van der Waals surface area (Å²) in [4.78, 5) is 14.6. The van der Waals surface area contributed by atoms with Crippen molar-refractivity contribution < 1.29 is 4.79 Å². The first kappa shape index (κ1) is 14.3. The zero-order valence-corrected chi connectivity index (χ0v) is 12.7. The number of hydrogen-bond donors (Lipinski definition) is 1. The van der Waals surface area contributed by atoms with Crippen LogP contribution in [0.5, 0.6) is 0 Å². The fourth-order valence-electron chi connectivity index (χ4n) is 2.30. The maximum Gasteiger partial charge on any atom is 0.254 e. The first-order valence-electron chi connectivity index (χ1n) is 6.76. The van der Waals surface area contributed by atoms with Gasteiger partial charge in [-0.1, -0.05) is 19.9 Å². The molecule has 104 valence electrons. The summed E-state index contributed by atoms with van der Waals surface area (Å²) in [5.74, 6) is 1.74. The lowest BCUT2D eigenvalue weighted by Crippen LogP contribution is -2.43. The first-order chi connectivity index (χ1) is 8.99. The smallest absolute Gasteiger partial charge is 0.254 e. The molecule has 19 heavy (non-hydrogen) atoms. The van der Waals surface area contributed by atoms with Gasteiger partial charge in [-0.25, -0.2) is 0 Å². The number of nitrogens with zero attached hydrogens (tertiary/aromatic N) is 1. The van der Waals surface area contributed by atoms with Gasteiger partial charge in [0.15, 0.2) is 0 Å². The van der Waals surface area contributed by atoms with E-state index in [1.54, 1.807) is 6.07 Å². The number of hydrogen-bond acceptors (Lipinski definition) is 3. The van der Waals surface area contributed by atoms with E-state index in [0.29, 0.717) is 16.9 Å². The van der Waals surface area contributed by atoms with Crippen molar-refractivity contribution in [2.24, 2.45) is 5.92 Å². The number of amides is 1. The summed E-state index contributed by atoms with van der Waals surface area (Å²) in [6.07, 6.45) is 0. The molecule has 1 aliphatic rings. The molecule has 0 spiro atoms. The van der Waals surface area contributed by atoms with E-state index in [2.05, 4.69) is 13.8 Å². The molecular formula is C15H22N2OS. The Bertz CT molecular complexity index is 473. The second-order valence-corrected chi connectivity index (χ2v) is 6.83. The Labute approximate surface area is 119 Å². The minimum Gasteiger partial charge on any atom is -0.399 e. The summed E-state index contributed by atoms with van der Waals surface area (Å²) in [6, 6.07) is 5.56. The van der Waals surface area contributed by atoms with Crippen molar-refractivity contribution in [1.29, 1.82) is 0 Å². The van der Waals surface area contributed by atoms with E-state index in [9.17, 15) is 4.79 Å². The summed E-state index contributed by atoms with van der Waals surface area (Å²) in [6.45, 7) is 8.08. The number of carbonyl (C=O) groups excluding carboxylic acids is 1. The van der Waals surface area contributed by atoms with E-state index in [1.807, 2.05) is 35.7 Å². The molecule has 1 heterocycles. The second-order valence-electron chi connectivity index (χ2n) is 5.48. The Morgan fingerprint density at radius 1 is 1.47 bits per heavy atom. The molecule has 4 heteroatoms. The van der Waals surface area contributed by atoms with Gasteiger partial charge in [-0.15, -0.1) is 0 Å². The molecule has 1 aromatic rings. The number of nitrogen functional groups attached to an aromatic ring is 1. The van der Waals surface area contributed by atoms with Crippen LogP contribution in [-0.2, 0) is 0 Å². The van der Waals surface area contributed by atoms with Gasteiger partial charge in [-0.2, -0.15) is 11.8 Å². The van der Waals surface area contributed by atoms with Crippen molar-refractivity contribution in [3.63, 3.8) is 0 Å². The number of rotatable bonds is 2. The molecule has 1 fully saturated rings. The quantitative estimate of drug-likeness (QED) is 0.846. The second kappa shape index (κ2) is 5.87. The van der Waals surface area contributed by atoms with Crippen LogP contribution < -0.4 is 5.73 Å². The van der Waals surface area contributed by atoms with Crippen LogP contribution in [0.15, 0.2) is 18.2 Å². The molecule has 0 bridgehead atoms. The van der Waals surface area contributed by atoms with Crippen LogP contribution in [0.2, 0.25) is 0 Å². The van der Waals surface area contributed by atoms with Crippen LogP contribution in [0.1, 0.15) is 29.8 Å². The molecule has 1 atom stereocenters. The lowest BCUT2D eigenvalue weighted by atomic mass is 10.1. The maximum atomic E-state index is 12.6. The average molecular weight is 278 g/mol. The SMILES string of the molecule is Cc1ccc(N)cc1C(=O)N1CCSC(C(C)C)C1. The van der Waals surface area contributed by atoms with E-state index in [4.69, 9.17) is 5.73 Å². The third kappa shape index (κ3) is 3.24. The van der Waals surface area contributed by atoms with E-state index in [0.717, 1.165) is 30.0 Å². The lowest BCUT2D eigenvalue weighted by Gasteiger charge is -2.34. The molecule has 0 saturated carbocycles. The predicted octanol–water partition coefficient (Wildman–Crippen LogP) is 2.79. The lowest BCUT2D eigenvalue weighted by molar-refractivity contribution is 0.0755. The monoisotopic (exact) mass is 278 g/mol. The predicted molar refractivity (Wildman–Crippen MR) is 82.6 cm³/mol. The van der Waals surface area contributed by atoms with Crippen LogP contribution in [-0.4, -0.2) is 34.9 Å². The van der Waals surface area contributed by atoms with Crippen molar-refractivity contribution in [2.75, 3.05) is 24.6 Å². The first-order valence-corrected chi connectivity index (χ1v) is 7.81. The van der Waals surface area contributed by atoms with Crippen LogP contribution >= 0.6 is 11.8 Å². The standard InChI is InChI=1S/C15H22N2OS/c1-10(2)14-9-17(6-7-19-14)15(18)13-8-12(16)5-4-11(13)3/h4-5,8,10,14H,6-7,9,16H2,1-3H3. The Morgan fingerprint density at radius 3 is 2.89 bits per heavy atom. The number of nitrogens with two attached hydrogens (primary N) is 1. The zero-order chi connectivity index (χ0) is 14.0. The molecule has 2 N–H and O–H groups in total. The van der Waals surface area contributed by atoms with E-state index in [1.165, 1.54) is 0 Å². The molecule has 2 rings (SSSR count). The topological polar surface area (TPSA) is 46.3 Å². The van der Waals surface area contributed by atoms with Crippen molar-refractivity contribution in [1.82, 2.24) is 4.90 Å². The van der Waals surface area contributed by atoms with Crippen LogP contribution in [0.25, 0.3) is 0 Å². The van der Waals surface area contributed by atoms with Crippen LogP contribution in [0.3, 0.4) is 0 Å². The third-order valence-electron chi connectivity index (χ3n) is 3.62. The Balaban J connectivity index is 2.17. The highest BCUT2D eigenvalue weighted by Gasteiger charge is 2.27. The molecule has 1 unspecified atom stereocenters. The van der Waals surface area contributed by atoms with E-state index >= 15 is 0 Å². The molecular weight excluding hydrogens is 256 g/mol. The van der Waals surface area contributed by atoms with Gasteiger partial charge in [0, 0.05) is 35.3 Å². The minimum absolute atomic E-state index is 0.121. The minimum atomic E-state index is 0.121. The van der Waals surface area contributed by atoms with Gasteiger partial charge in [0.2, 0.25) is 0 Å². The molecule has 1 aromatic carbocycles. The Hall–Kier alpha value is -1.16. The van der Waals surface area contributed by atoms with Crippen LogP contribution in [0.4, 0.5) is 5.69 Å².